The average Bonchev–Trinajstić information content (AvgIpc) is 3.54. The number of hydrogen-bond donors (Lipinski definition) is 1. The molecule has 1 atom stereocenters. The molecule has 0 heterocycles. The zero-order chi connectivity index (χ0) is 63.3. The third kappa shape index (κ3) is 75.5. The van der Waals surface area contributed by atoms with Gasteiger partial charge in [0, 0.05) is 12.8 Å². The number of ether oxygens (including phenoxy) is 2. The second-order valence-electron chi connectivity index (χ2n) is 26.4. The Morgan fingerprint density at radius 3 is 0.739 bits per heavy atom. The maximum Gasteiger partial charge on any atom is 0.306 e. The first kappa shape index (κ1) is 85.1. The maximum absolute atomic E-state index is 12.4. The van der Waals surface area contributed by atoms with Gasteiger partial charge in [-0.05, 0) is 89.9 Å². The van der Waals surface area contributed by atoms with Gasteiger partial charge in [0.25, 0.3) is 0 Å². The third-order valence-electron chi connectivity index (χ3n) is 17.7. The van der Waals surface area contributed by atoms with Gasteiger partial charge in [0.15, 0.2) is 6.10 Å². The molecule has 0 aliphatic rings. The fourth-order valence-corrected chi connectivity index (χ4v) is 11.9. The van der Waals surface area contributed by atoms with Crippen molar-refractivity contribution in [3.63, 3.8) is 0 Å². The van der Waals surface area contributed by atoms with Crippen molar-refractivity contribution >= 4 is 11.9 Å². The van der Waals surface area contributed by atoms with Crippen molar-refractivity contribution in [2.75, 3.05) is 13.2 Å². The Labute approximate surface area is 549 Å². The minimum Gasteiger partial charge on any atom is -0.462 e. The van der Waals surface area contributed by atoms with Crippen LogP contribution in [0, 0.1) is 0 Å². The van der Waals surface area contributed by atoms with Crippen molar-refractivity contribution in [2.45, 2.75) is 418 Å². The minimum atomic E-state index is -0.773. The van der Waals surface area contributed by atoms with E-state index in [1.807, 2.05) is 0 Å². The summed E-state index contributed by atoms with van der Waals surface area (Å²) in [6, 6.07) is 0. The lowest BCUT2D eigenvalue weighted by molar-refractivity contribution is -0.161. The van der Waals surface area contributed by atoms with Crippen LogP contribution in [-0.2, 0) is 19.1 Å². The molecule has 0 aliphatic carbocycles. The summed E-state index contributed by atoms with van der Waals surface area (Å²) in [6.07, 6.45) is 111. The van der Waals surface area contributed by atoms with Crippen LogP contribution in [0.25, 0.3) is 0 Å². The summed E-state index contributed by atoms with van der Waals surface area (Å²) in [4.78, 5) is 24.7. The molecule has 0 saturated carbocycles. The van der Waals surface area contributed by atoms with Gasteiger partial charge in [-0.2, -0.15) is 0 Å². The van der Waals surface area contributed by atoms with E-state index in [4.69, 9.17) is 9.47 Å². The van der Waals surface area contributed by atoms with E-state index in [1.54, 1.807) is 0 Å². The van der Waals surface area contributed by atoms with Crippen LogP contribution in [0.1, 0.15) is 412 Å². The highest BCUT2D eigenvalue weighted by Gasteiger charge is 2.16. The molecule has 5 nitrogen and oxygen atoms in total. The van der Waals surface area contributed by atoms with Crippen LogP contribution >= 0.6 is 0 Å². The smallest absolute Gasteiger partial charge is 0.306 e. The molecule has 0 fully saturated rings. The number of unbranched alkanes of at least 4 members (excludes halogenated alkanes) is 51. The Morgan fingerprint density at radius 1 is 0.273 bits per heavy atom. The third-order valence-corrected chi connectivity index (χ3v) is 17.7. The van der Waals surface area contributed by atoms with Crippen molar-refractivity contribution in [1.82, 2.24) is 0 Å². The summed E-state index contributed by atoms with van der Waals surface area (Å²) in [5.74, 6) is -0.569. The summed E-state index contributed by atoms with van der Waals surface area (Å²) in [6.45, 7) is 4.07. The number of carbonyl (C=O) groups excluding carboxylic acids is 2. The van der Waals surface area contributed by atoms with E-state index in [1.165, 1.54) is 308 Å². The molecule has 0 aromatic heterocycles. The quantitative estimate of drug-likeness (QED) is 0.0373. The molecule has 0 bridgehead atoms. The van der Waals surface area contributed by atoms with Gasteiger partial charge < -0.3 is 14.6 Å². The first-order valence-corrected chi connectivity index (χ1v) is 39.1. The molecule has 512 valence electrons. The fourth-order valence-electron chi connectivity index (χ4n) is 11.9. The van der Waals surface area contributed by atoms with Crippen molar-refractivity contribution in [3.8, 4) is 0 Å². The zero-order valence-electron chi connectivity index (χ0n) is 59.0. The second-order valence-corrected chi connectivity index (χ2v) is 26.4. The number of rotatable bonds is 73. The lowest BCUT2D eigenvalue weighted by Crippen LogP contribution is -2.28. The summed E-state index contributed by atoms with van der Waals surface area (Å²) >= 11 is 0. The first-order valence-electron chi connectivity index (χ1n) is 39.1. The van der Waals surface area contributed by atoms with E-state index < -0.39 is 6.10 Å². The zero-order valence-corrected chi connectivity index (χ0v) is 59.0. The number of hydrogen-bond acceptors (Lipinski definition) is 5. The molecular formula is C83H150O5. The molecule has 0 aromatic rings. The highest BCUT2D eigenvalue weighted by Crippen LogP contribution is 2.19. The molecule has 88 heavy (non-hydrogen) atoms. The van der Waals surface area contributed by atoms with Gasteiger partial charge in [-0.3, -0.25) is 9.59 Å². The Kier molecular flexibility index (Phi) is 75.7. The molecule has 0 amide bonds. The highest BCUT2D eigenvalue weighted by atomic mass is 16.6. The number of aliphatic hydroxyl groups excluding tert-OH is 1. The van der Waals surface area contributed by atoms with Crippen LogP contribution in [0.2, 0.25) is 0 Å². The van der Waals surface area contributed by atoms with E-state index in [2.05, 4.69) is 98.9 Å². The standard InChI is InChI=1S/C83H150O5/c1-3-5-7-9-11-13-15-17-19-21-23-25-27-29-31-33-35-37-39-40-41-42-44-45-47-49-51-53-55-57-59-61-63-65-67-69-71-73-75-77-82(85)87-80-81(79-84)88-83(86)78-76-74-72-70-68-66-64-62-60-58-56-54-52-50-48-46-43-38-36-34-32-30-28-26-24-22-20-18-16-14-12-10-8-6-4-2/h6,8,12,14-15,17-18,20-21,23-24,26,30,32,81,84H,3-5,7,9-11,13,16,19,22,25,27-29,31,33-80H2,1-2H3/b8-6-,14-12-,17-15-,20-18-,23-21-,26-24-,32-30-. The second kappa shape index (κ2) is 78.3. The van der Waals surface area contributed by atoms with Crippen molar-refractivity contribution in [2.24, 2.45) is 0 Å². The van der Waals surface area contributed by atoms with Gasteiger partial charge in [0.1, 0.15) is 6.61 Å². The Bertz CT molecular complexity index is 1580. The fraction of sp³-hybridized carbons (Fsp3) is 0.807. The van der Waals surface area contributed by atoms with Gasteiger partial charge in [-0.1, -0.05) is 394 Å². The van der Waals surface area contributed by atoms with Crippen molar-refractivity contribution in [3.05, 3.63) is 85.1 Å². The van der Waals surface area contributed by atoms with E-state index in [-0.39, 0.29) is 25.2 Å². The molecule has 1 unspecified atom stereocenters. The van der Waals surface area contributed by atoms with Gasteiger partial charge in [-0.25, -0.2) is 0 Å². The molecule has 0 rings (SSSR count). The lowest BCUT2D eigenvalue weighted by atomic mass is 10.0. The van der Waals surface area contributed by atoms with Gasteiger partial charge >= 0.3 is 11.9 Å². The molecule has 0 saturated heterocycles. The van der Waals surface area contributed by atoms with Gasteiger partial charge in [-0.15, -0.1) is 0 Å². The van der Waals surface area contributed by atoms with Crippen LogP contribution in [0.4, 0.5) is 0 Å². The molecule has 0 aliphatic heterocycles. The SMILES string of the molecule is CC/C=C\C/C=C\C/C=C\C/C=C\C/C=C\CCCCCCCCCCCCCCCCCCCCCC(=O)OC(CO)COC(=O)CCCCCCCCCCCCCCCCCCCCCCCCCCCCC/C=C\C/C=C\CCCCCCC. The molecule has 5 heteroatoms. The van der Waals surface area contributed by atoms with Crippen LogP contribution in [-0.4, -0.2) is 36.4 Å². The van der Waals surface area contributed by atoms with Crippen LogP contribution < -0.4 is 0 Å². The summed E-state index contributed by atoms with van der Waals surface area (Å²) in [5, 5.41) is 9.73. The van der Waals surface area contributed by atoms with Gasteiger partial charge in [0.2, 0.25) is 0 Å². The molecule has 0 aromatic carbocycles. The molecule has 1 N–H and O–H groups in total. The summed E-state index contributed by atoms with van der Waals surface area (Å²) < 4.78 is 10.8. The van der Waals surface area contributed by atoms with E-state index in [0.29, 0.717) is 12.8 Å². The lowest BCUT2D eigenvalue weighted by Gasteiger charge is -2.15. The Hall–Kier alpha value is -2.92. The molecular weight excluding hydrogens is 1080 g/mol. The number of esters is 2. The Morgan fingerprint density at radius 2 is 0.489 bits per heavy atom. The summed E-state index contributed by atoms with van der Waals surface area (Å²) in [7, 11) is 0. The number of allylic oxidation sites excluding steroid dienone is 14. The van der Waals surface area contributed by atoms with Crippen molar-refractivity contribution < 1.29 is 24.2 Å². The summed E-state index contributed by atoms with van der Waals surface area (Å²) in [5.41, 5.74) is 0. The normalized spacial score (nSPS) is 12.6. The largest absolute Gasteiger partial charge is 0.462 e. The minimum absolute atomic E-state index is 0.0617. The molecule has 0 radical (unpaired) electrons. The van der Waals surface area contributed by atoms with E-state index in [0.717, 1.165) is 77.0 Å². The monoisotopic (exact) mass is 1230 g/mol. The van der Waals surface area contributed by atoms with E-state index >= 15 is 0 Å². The highest BCUT2D eigenvalue weighted by molar-refractivity contribution is 5.70. The average molecular weight is 1230 g/mol. The number of carbonyl (C=O) groups is 2. The van der Waals surface area contributed by atoms with Crippen LogP contribution in [0.5, 0.6) is 0 Å². The topological polar surface area (TPSA) is 72.8 Å². The Balaban J connectivity index is 3.39. The van der Waals surface area contributed by atoms with Gasteiger partial charge in [0.05, 0.1) is 6.61 Å². The van der Waals surface area contributed by atoms with Crippen LogP contribution in [0.15, 0.2) is 85.1 Å². The first-order chi connectivity index (χ1) is 43.6. The maximum atomic E-state index is 12.4. The van der Waals surface area contributed by atoms with Crippen molar-refractivity contribution in [1.29, 1.82) is 0 Å². The van der Waals surface area contributed by atoms with E-state index in [9.17, 15) is 14.7 Å². The predicted octanol–water partition coefficient (Wildman–Crippen LogP) is 27.6. The molecule has 0 spiro atoms. The number of aliphatic hydroxyl groups is 1. The predicted molar refractivity (Wildman–Crippen MR) is 390 cm³/mol. The van der Waals surface area contributed by atoms with Crippen LogP contribution in [0.3, 0.4) is 0 Å².